The van der Waals surface area contributed by atoms with E-state index >= 15 is 0 Å². The fourth-order valence-corrected chi connectivity index (χ4v) is 1.99. The summed E-state index contributed by atoms with van der Waals surface area (Å²) in [6.07, 6.45) is 0.958. The van der Waals surface area contributed by atoms with Crippen molar-refractivity contribution in [1.82, 2.24) is 5.32 Å². The Bertz CT molecular complexity index is 394. The zero-order valence-corrected chi connectivity index (χ0v) is 12.9. The Hall–Kier alpha value is -1.06. The molecular formula is C16H28N2O. The molecule has 0 aliphatic carbocycles. The van der Waals surface area contributed by atoms with E-state index in [4.69, 9.17) is 10.5 Å². The summed E-state index contributed by atoms with van der Waals surface area (Å²) in [4.78, 5) is 0. The van der Waals surface area contributed by atoms with Crippen LogP contribution in [0.2, 0.25) is 0 Å². The summed E-state index contributed by atoms with van der Waals surface area (Å²) in [6, 6.07) is 6.46. The molecule has 0 atom stereocenters. The fourth-order valence-electron chi connectivity index (χ4n) is 1.99. The van der Waals surface area contributed by atoms with Gasteiger partial charge in [-0.15, -0.1) is 0 Å². The Morgan fingerprint density at radius 2 is 2.00 bits per heavy atom. The van der Waals surface area contributed by atoms with Gasteiger partial charge in [-0.1, -0.05) is 26.0 Å². The predicted octanol–water partition coefficient (Wildman–Crippen LogP) is 2.69. The van der Waals surface area contributed by atoms with E-state index in [1.54, 1.807) is 7.11 Å². The van der Waals surface area contributed by atoms with E-state index in [9.17, 15) is 0 Å². The fraction of sp³-hybridized carbons (Fsp3) is 0.625. The van der Waals surface area contributed by atoms with Crippen LogP contribution in [0.3, 0.4) is 0 Å². The highest BCUT2D eigenvalue weighted by molar-refractivity contribution is 5.38. The summed E-state index contributed by atoms with van der Waals surface area (Å²) in [6.45, 7) is 10.2. The zero-order chi connectivity index (χ0) is 14.5. The Balaban J connectivity index is 2.62. The maximum atomic E-state index is 5.95. The third-order valence-electron chi connectivity index (χ3n) is 3.12. The van der Waals surface area contributed by atoms with Crippen LogP contribution in [-0.4, -0.2) is 25.7 Å². The SMILES string of the molecule is COc1ccc(C(C)C)cc1CCNCC(C)(C)N. The van der Waals surface area contributed by atoms with E-state index in [2.05, 4.69) is 37.4 Å². The number of benzene rings is 1. The minimum Gasteiger partial charge on any atom is -0.496 e. The van der Waals surface area contributed by atoms with Crippen molar-refractivity contribution in [2.24, 2.45) is 5.73 Å². The van der Waals surface area contributed by atoms with Crippen LogP contribution >= 0.6 is 0 Å². The summed E-state index contributed by atoms with van der Waals surface area (Å²) in [7, 11) is 1.73. The molecule has 0 bridgehead atoms. The van der Waals surface area contributed by atoms with Crippen molar-refractivity contribution >= 4 is 0 Å². The highest BCUT2D eigenvalue weighted by Crippen LogP contribution is 2.24. The highest BCUT2D eigenvalue weighted by atomic mass is 16.5. The second-order valence-corrected chi connectivity index (χ2v) is 6.14. The van der Waals surface area contributed by atoms with Crippen LogP contribution in [0.5, 0.6) is 5.75 Å². The number of nitrogens with two attached hydrogens (primary N) is 1. The molecule has 0 radical (unpaired) electrons. The van der Waals surface area contributed by atoms with Gasteiger partial charge in [0.1, 0.15) is 5.75 Å². The first-order valence-electron chi connectivity index (χ1n) is 7.00. The van der Waals surface area contributed by atoms with Crippen LogP contribution in [0.15, 0.2) is 18.2 Å². The molecule has 3 heteroatoms. The van der Waals surface area contributed by atoms with E-state index < -0.39 is 0 Å². The molecule has 1 aromatic rings. The summed E-state index contributed by atoms with van der Waals surface area (Å²) < 4.78 is 5.43. The lowest BCUT2D eigenvalue weighted by atomic mass is 9.99. The summed E-state index contributed by atoms with van der Waals surface area (Å²) in [5.74, 6) is 1.51. The Morgan fingerprint density at radius 1 is 1.32 bits per heavy atom. The number of hydrogen-bond acceptors (Lipinski definition) is 3. The molecule has 0 unspecified atom stereocenters. The van der Waals surface area contributed by atoms with Gasteiger partial charge in [0.15, 0.2) is 0 Å². The van der Waals surface area contributed by atoms with E-state index in [1.165, 1.54) is 11.1 Å². The van der Waals surface area contributed by atoms with E-state index in [0.29, 0.717) is 5.92 Å². The maximum Gasteiger partial charge on any atom is 0.122 e. The first kappa shape index (κ1) is 16.0. The van der Waals surface area contributed by atoms with Crippen LogP contribution < -0.4 is 15.8 Å². The summed E-state index contributed by atoms with van der Waals surface area (Å²) in [5.41, 5.74) is 8.40. The average Bonchev–Trinajstić information content (AvgIpc) is 2.33. The Morgan fingerprint density at radius 3 is 2.53 bits per heavy atom. The van der Waals surface area contributed by atoms with E-state index in [0.717, 1.165) is 25.3 Å². The van der Waals surface area contributed by atoms with Crippen LogP contribution in [0.25, 0.3) is 0 Å². The van der Waals surface area contributed by atoms with Gasteiger partial charge in [0, 0.05) is 12.1 Å². The molecule has 0 saturated heterocycles. The number of nitrogens with one attached hydrogen (secondary N) is 1. The van der Waals surface area contributed by atoms with Crippen molar-refractivity contribution in [3.05, 3.63) is 29.3 Å². The number of rotatable bonds is 7. The minimum absolute atomic E-state index is 0.163. The molecule has 0 heterocycles. The quantitative estimate of drug-likeness (QED) is 0.744. The number of ether oxygens (including phenoxy) is 1. The highest BCUT2D eigenvalue weighted by Gasteiger charge is 2.10. The molecular weight excluding hydrogens is 236 g/mol. The van der Waals surface area contributed by atoms with Crippen LogP contribution in [0.1, 0.15) is 44.7 Å². The zero-order valence-electron chi connectivity index (χ0n) is 12.9. The topological polar surface area (TPSA) is 47.3 Å². The summed E-state index contributed by atoms with van der Waals surface area (Å²) in [5, 5.41) is 3.39. The molecule has 1 aromatic carbocycles. The van der Waals surface area contributed by atoms with E-state index in [1.807, 2.05) is 13.8 Å². The van der Waals surface area contributed by atoms with Crippen molar-refractivity contribution in [3.63, 3.8) is 0 Å². The monoisotopic (exact) mass is 264 g/mol. The third kappa shape index (κ3) is 5.62. The van der Waals surface area contributed by atoms with E-state index in [-0.39, 0.29) is 5.54 Å². The lowest BCUT2D eigenvalue weighted by Crippen LogP contribution is -2.43. The molecule has 0 saturated carbocycles. The van der Waals surface area contributed by atoms with Gasteiger partial charge in [-0.3, -0.25) is 0 Å². The molecule has 0 aliphatic heterocycles. The van der Waals surface area contributed by atoms with Gasteiger partial charge < -0.3 is 15.8 Å². The third-order valence-corrected chi connectivity index (χ3v) is 3.12. The molecule has 19 heavy (non-hydrogen) atoms. The molecule has 108 valence electrons. The van der Waals surface area contributed by atoms with Crippen LogP contribution in [-0.2, 0) is 6.42 Å². The van der Waals surface area contributed by atoms with Crippen molar-refractivity contribution in [3.8, 4) is 5.75 Å². The number of hydrogen-bond donors (Lipinski definition) is 2. The van der Waals surface area contributed by atoms with Gasteiger partial charge in [0.2, 0.25) is 0 Å². The summed E-state index contributed by atoms with van der Waals surface area (Å²) >= 11 is 0. The van der Waals surface area contributed by atoms with Gasteiger partial charge in [-0.2, -0.15) is 0 Å². The molecule has 3 nitrogen and oxygen atoms in total. The molecule has 3 N–H and O–H groups in total. The molecule has 0 aromatic heterocycles. The molecule has 0 amide bonds. The lowest BCUT2D eigenvalue weighted by molar-refractivity contribution is 0.407. The standard InChI is InChI=1S/C16H28N2O/c1-12(2)13-6-7-15(19-5)14(10-13)8-9-18-11-16(3,4)17/h6-7,10,12,18H,8-9,11,17H2,1-5H3. The average molecular weight is 264 g/mol. The van der Waals surface area contributed by atoms with Gasteiger partial charge in [-0.05, 0) is 49.9 Å². The smallest absolute Gasteiger partial charge is 0.122 e. The second-order valence-electron chi connectivity index (χ2n) is 6.14. The predicted molar refractivity (Wildman–Crippen MR) is 81.9 cm³/mol. The van der Waals surface area contributed by atoms with Gasteiger partial charge >= 0.3 is 0 Å². The number of methoxy groups -OCH3 is 1. The maximum absolute atomic E-state index is 5.95. The Kier molecular flexibility index (Phi) is 5.83. The Labute approximate surface area is 117 Å². The van der Waals surface area contributed by atoms with Crippen molar-refractivity contribution in [2.75, 3.05) is 20.2 Å². The lowest BCUT2D eigenvalue weighted by Gasteiger charge is -2.19. The van der Waals surface area contributed by atoms with Crippen molar-refractivity contribution in [2.45, 2.75) is 45.6 Å². The minimum atomic E-state index is -0.163. The van der Waals surface area contributed by atoms with Crippen molar-refractivity contribution in [1.29, 1.82) is 0 Å². The second kappa shape index (κ2) is 6.92. The van der Waals surface area contributed by atoms with Crippen LogP contribution in [0, 0.1) is 0 Å². The molecule has 0 fully saturated rings. The largest absolute Gasteiger partial charge is 0.496 e. The van der Waals surface area contributed by atoms with Gasteiger partial charge in [-0.25, -0.2) is 0 Å². The first-order valence-corrected chi connectivity index (χ1v) is 7.00. The van der Waals surface area contributed by atoms with Gasteiger partial charge in [0.25, 0.3) is 0 Å². The van der Waals surface area contributed by atoms with Crippen LogP contribution in [0.4, 0.5) is 0 Å². The molecule has 1 rings (SSSR count). The molecule has 0 aliphatic rings. The molecule has 0 spiro atoms. The normalized spacial score (nSPS) is 11.9. The first-order chi connectivity index (χ1) is 8.83. The van der Waals surface area contributed by atoms with Gasteiger partial charge in [0.05, 0.1) is 7.11 Å². The van der Waals surface area contributed by atoms with Crippen molar-refractivity contribution < 1.29 is 4.74 Å².